The van der Waals surface area contributed by atoms with E-state index in [0.717, 1.165) is 12.3 Å². The van der Waals surface area contributed by atoms with Crippen molar-refractivity contribution in [2.75, 3.05) is 30.9 Å². The van der Waals surface area contributed by atoms with Gasteiger partial charge in [0.25, 0.3) is 0 Å². The zero-order chi connectivity index (χ0) is 11.7. The Kier molecular flexibility index (Phi) is 2.95. The Morgan fingerprint density at radius 2 is 2.19 bits per heavy atom. The minimum absolute atomic E-state index is 0.519. The lowest BCUT2D eigenvalue weighted by Crippen LogP contribution is -2.42. The van der Waals surface area contributed by atoms with Crippen molar-refractivity contribution in [3.8, 4) is 5.75 Å². The number of hydrogen-bond acceptors (Lipinski definition) is 3. The van der Waals surface area contributed by atoms with E-state index in [-0.39, 0.29) is 0 Å². The summed E-state index contributed by atoms with van der Waals surface area (Å²) in [4.78, 5) is 2.29. The van der Waals surface area contributed by atoms with Gasteiger partial charge in [-0.15, -0.1) is 0 Å². The molecule has 2 rings (SSSR count). The molecule has 0 radical (unpaired) electrons. The predicted molar refractivity (Wildman–Crippen MR) is 68.5 cm³/mol. The molecule has 0 fully saturated rings. The molecular formula is C13H20N2O. The van der Waals surface area contributed by atoms with Crippen LogP contribution in [0.5, 0.6) is 5.75 Å². The molecule has 1 aliphatic heterocycles. The maximum atomic E-state index is 5.25. The van der Waals surface area contributed by atoms with Gasteiger partial charge in [-0.1, -0.05) is 13.8 Å². The lowest BCUT2D eigenvalue weighted by atomic mass is 10.0. The number of ether oxygens (including phenoxy) is 1. The van der Waals surface area contributed by atoms with Crippen LogP contribution >= 0.6 is 0 Å². The van der Waals surface area contributed by atoms with Gasteiger partial charge in [-0.3, -0.25) is 0 Å². The first kappa shape index (κ1) is 11.1. The quantitative estimate of drug-likeness (QED) is 0.829. The Hall–Kier alpha value is -1.38. The SMILES string of the molecule is COc1ccc2c(c1)N(C)CC(C(C)C)N2. The monoisotopic (exact) mass is 220 g/mol. The number of nitrogens with one attached hydrogen (secondary N) is 1. The van der Waals surface area contributed by atoms with E-state index >= 15 is 0 Å². The molecular weight excluding hydrogens is 200 g/mol. The molecule has 1 N–H and O–H groups in total. The van der Waals surface area contributed by atoms with Crippen molar-refractivity contribution < 1.29 is 4.74 Å². The van der Waals surface area contributed by atoms with Crippen LogP contribution in [0, 0.1) is 5.92 Å². The third-order valence-electron chi connectivity index (χ3n) is 3.23. The van der Waals surface area contributed by atoms with Gasteiger partial charge in [-0.2, -0.15) is 0 Å². The Bertz CT molecular complexity index is 376. The van der Waals surface area contributed by atoms with Crippen LogP contribution in [0.2, 0.25) is 0 Å². The highest BCUT2D eigenvalue weighted by Crippen LogP contribution is 2.34. The molecule has 1 unspecified atom stereocenters. The highest BCUT2D eigenvalue weighted by Gasteiger charge is 2.23. The number of fused-ring (bicyclic) bond motifs is 1. The third-order valence-corrected chi connectivity index (χ3v) is 3.23. The highest BCUT2D eigenvalue weighted by molar-refractivity contribution is 5.74. The van der Waals surface area contributed by atoms with E-state index in [9.17, 15) is 0 Å². The summed E-state index contributed by atoms with van der Waals surface area (Å²) in [5.41, 5.74) is 2.42. The topological polar surface area (TPSA) is 24.5 Å². The van der Waals surface area contributed by atoms with E-state index in [2.05, 4.69) is 43.2 Å². The van der Waals surface area contributed by atoms with Gasteiger partial charge in [0.2, 0.25) is 0 Å². The molecule has 88 valence electrons. The smallest absolute Gasteiger partial charge is 0.121 e. The molecule has 0 saturated carbocycles. The maximum Gasteiger partial charge on any atom is 0.121 e. The second-order valence-electron chi connectivity index (χ2n) is 4.76. The summed E-state index contributed by atoms with van der Waals surface area (Å²) >= 11 is 0. The minimum atomic E-state index is 0.519. The second-order valence-corrected chi connectivity index (χ2v) is 4.76. The standard InChI is InChI=1S/C13H20N2O/c1-9(2)12-8-15(3)13-7-10(16-4)5-6-11(13)14-12/h5-7,9,12,14H,8H2,1-4H3. The summed E-state index contributed by atoms with van der Waals surface area (Å²) in [6, 6.07) is 6.70. The molecule has 3 heteroatoms. The number of methoxy groups -OCH3 is 1. The summed E-state index contributed by atoms with van der Waals surface area (Å²) < 4.78 is 5.25. The number of nitrogens with zero attached hydrogens (tertiary/aromatic N) is 1. The average Bonchev–Trinajstić information content (AvgIpc) is 2.28. The van der Waals surface area contributed by atoms with Gasteiger partial charge in [0.15, 0.2) is 0 Å². The first-order valence-electron chi connectivity index (χ1n) is 5.77. The number of benzene rings is 1. The second kappa shape index (κ2) is 4.24. The van der Waals surface area contributed by atoms with E-state index in [1.54, 1.807) is 7.11 Å². The number of rotatable bonds is 2. The molecule has 3 nitrogen and oxygen atoms in total. The van der Waals surface area contributed by atoms with Crippen LogP contribution < -0.4 is 15.0 Å². The molecule has 1 aliphatic rings. The lowest BCUT2D eigenvalue weighted by Gasteiger charge is -2.37. The Balaban J connectivity index is 2.30. The molecule has 1 aromatic rings. The van der Waals surface area contributed by atoms with Crippen LogP contribution in [0.4, 0.5) is 11.4 Å². The Labute approximate surface area is 97.4 Å². The van der Waals surface area contributed by atoms with Crippen molar-refractivity contribution in [2.24, 2.45) is 5.92 Å². The first-order valence-corrected chi connectivity index (χ1v) is 5.77. The summed E-state index contributed by atoms with van der Waals surface area (Å²) in [7, 11) is 3.84. The fraction of sp³-hybridized carbons (Fsp3) is 0.538. The van der Waals surface area contributed by atoms with Gasteiger partial charge < -0.3 is 15.0 Å². The normalized spacial score (nSPS) is 19.3. The molecule has 0 saturated heterocycles. The molecule has 0 bridgehead atoms. The largest absolute Gasteiger partial charge is 0.497 e. The van der Waals surface area contributed by atoms with E-state index in [0.29, 0.717) is 12.0 Å². The van der Waals surface area contributed by atoms with E-state index in [4.69, 9.17) is 4.74 Å². The van der Waals surface area contributed by atoms with Gasteiger partial charge in [0.1, 0.15) is 5.75 Å². The molecule has 0 aliphatic carbocycles. The van der Waals surface area contributed by atoms with Crippen LogP contribution in [0.3, 0.4) is 0 Å². The van der Waals surface area contributed by atoms with Crippen molar-refractivity contribution in [1.82, 2.24) is 0 Å². The van der Waals surface area contributed by atoms with E-state index < -0.39 is 0 Å². The van der Waals surface area contributed by atoms with Gasteiger partial charge in [0.05, 0.1) is 18.5 Å². The molecule has 0 amide bonds. The third kappa shape index (κ3) is 1.94. The maximum absolute atomic E-state index is 5.25. The molecule has 0 aromatic heterocycles. The summed E-state index contributed by atoms with van der Waals surface area (Å²) in [5.74, 6) is 1.55. The zero-order valence-corrected chi connectivity index (χ0v) is 10.4. The number of anilines is 2. The molecule has 1 aromatic carbocycles. The van der Waals surface area contributed by atoms with Gasteiger partial charge >= 0.3 is 0 Å². The lowest BCUT2D eigenvalue weighted by molar-refractivity contribution is 0.414. The van der Waals surface area contributed by atoms with Crippen molar-refractivity contribution in [1.29, 1.82) is 0 Å². The van der Waals surface area contributed by atoms with Crippen molar-refractivity contribution in [3.05, 3.63) is 18.2 Å². The van der Waals surface area contributed by atoms with Gasteiger partial charge in [-0.25, -0.2) is 0 Å². The van der Waals surface area contributed by atoms with Crippen molar-refractivity contribution >= 4 is 11.4 Å². The van der Waals surface area contributed by atoms with Gasteiger partial charge in [-0.05, 0) is 18.1 Å². The van der Waals surface area contributed by atoms with E-state index in [1.165, 1.54) is 11.4 Å². The first-order chi connectivity index (χ1) is 7.61. The molecule has 0 spiro atoms. The number of likely N-dealkylation sites (N-methyl/N-ethyl adjacent to an activating group) is 1. The Morgan fingerprint density at radius 3 is 2.81 bits per heavy atom. The van der Waals surface area contributed by atoms with Crippen LogP contribution in [-0.2, 0) is 0 Å². The molecule has 16 heavy (non-hydrogen) atoms. The molecule has 1 heterocycles. The molecule has 1 atom stereocenters. The van der Waals surface area contributed by atoms with Crippen molar-refractivity contribution in [3.63, 3.8) is 0 Å². The number of hydrogen-bond donors (Lipinski definition) is 1. The fourth-order valence-corrected chi connectivity index (χ4v) is 2.09. The van der Waals surface area contributed by atoms with Crippen LogP contribution in [0.15, 0.2) is 18.2 Å². The van der Waals surface area contributed by atoms with Gasteiger partial charge in [0, 0.05) is 25.7 Å². The average molecular weight is 220 g/mol. The predicted octanol–water partition coefficient (Wildman–Crippen LogP) is 2.58. The van der Waals surface area contributed by atoms with Crippen LogP contribution in [-0.4, -0.2) is 26.7 Å². The fourth-order valence-electron chi connectivity index (χ4n) is 2.09. The minimum Gasteiger partial charge on any atom is -0.497 e. The zero-order valence-electron chi connectivity index (χ0n) is 10.4. The van der Waals surface area contributed by atoms with Crippen LogP contribution in [0.25, 0.3) is 0 Å². The summed E-state index contributed by atoms with van der Waals surface area (Å²) in [5, 5.41) is 3.58. The summed E-state index contributed by atoms with van der Waals surface area (Å²) in [6.45, 7) is 5.54. The summed E-state index contributed by atoms with van der Waals surface area (Å²) in [6.07, 6.45) is 0. The van der Waals surface area contributed by atoms with E-state index in [1.807, 2.05) is 6.07 Å². The Morgan fingerprint density at radius 1 is 1.44 bits per heavy atom. The highest BCUT2D eigenvalue weighted by atomic mass is 16.5. The van der Waals surface area contributed by atoms with Crippen LogP contribution in [0.1, 0.15) is 13.8 Å². The van der Waals surface area contributed by atoms with Crippen molar-refractivity contribution in [2.45, 2.75) is 19.9 Å².